The third kappa shape index (κ3) is 0.686. The lowest BCUT2D eigenvalue weighted by molar-refractivity contribution is -0.0195. The van der Waals surface area contributed by atoms with Crippen molar-refractivity contribution in [2.45, 2.75) is 24.5 Å². The summed E-state index contributed by atoms with van der Waals surface area (Å²) in [5.74, 6) is 0. The average Bonchev–Trinajstić information content (AvgIpc) is 2.10. The maximum Gasteiger partial charge on any atom is 0.407 e. The van der Waals surface area contributed by atoms with Gasteiger partial charge in [0.1, 0.15) is 5.60 Å². The van der Waals surface area contributed by atoms with E-state index in [0.29, 0.717) is 6.54 Å². The van der Waals surface area contributed by atoms with Gasteiger partial charge >= 0.3 is 6.09 Å². The zero-order valence-corrected chi connectivity index (χ0v) is 5.59. The zero-order valence-electron chi connectivity index (χ0n) is 5.59. The molecule has 4 nitrogen and oxygen atoms in total. The molecule has 1 aliphatic carbocycles. The Kier molecular flexibility index (Phi) is 0.976. The Hall–Kier alpha value is -0.770. The molecule has 1 aliphatic heterocycles. The van der Waals surface area contributed by atoms with E-state index in [1.165, 1.54) is 0 Å². The fourth-order valence-corrected chi connectivity index (χ4v) is 1.63. The Morgan fingerprint density at radius 1 is 1.70 bits per heavy atom. The first-order valence-electron chi connectivity index (χ1n) is 3.43. The molecule has 1 spiro atoms. The first kappa shape index (κ1) is 5.97. The van der Waals surface area contributed by atoms with Crippen molar-refractivity contribution in [3.8, 4) is 0 Å². The van der Waals surface area contributed by atoms with Gasteiger partial charge in [-0.15, -0.1) is 0 Å². The van der Waals surface area contributed by atoms with Crippen LogP contribution in [0.1, 0.15) is 12.8 Å². The average molecular weight is 142 g/mol. The van der Waals surface area contributed by atoms with Crippen LogP contribution >= 0.6 is 0 Å². The highest BCUT2D eigenvalue weighted by Gasteiger charge is 2.49. The maximum atomic E-state index is 10.6. The molecule has 1 saturated carbocycles. The number of ether oxygens (including phenoxy) is 1. The quantitative estimate of drug-likeness (QED) is 0.483. The summed E-state index contributed by atoms with van der Waals surface area (Å²) >= 11 is 0. The Balaban J connectivity index is 2.01. The van der Waals surface area contributed by atoms with E-state index in [1.807, 2.05) is 0 Å². The van der Waals surface area contributed by atoms with Gasteiger partial charge in [-0.2, -0.15) is 0 Å². The van der Waals surface area contributed by atoms with Crippen LogP contribution in [0.15, 0.2) is 0 Å². The number of alkyl carbamates (subject to hydrolysis) is 1. The fourth-order valence-electron chi connectivity index (χ4n) is 1.63. The summed E-state index contributed by atoms with van der Waals surface area (Å²) in [5, 5.41) is 2.62. The molecule has 2 rings (SSSR count). The van der Waals surface area contributed by atoms with Gasteiger partial charge in [-0.25, -0.2) is 4.79 Å². The van der Waals surface area contributed by atoms with Crippen molar-refractivity contribution < 1.29 is 9.53 Å². The molecule has 0 radical (unpaired) electrons. The smallest absolute Gasteiger partial charge is 0.407 e. The Morgan fingerprint density at radius 3 is 2.80 bits per heavy atom. The lowest BCUT2D eigenvalue weighted by atomic mass is 9.76. The van der Waals surface area contributed by atoms with Gasteiger partial charge in [-0.3, -0.25) is 0 Å². The Labute approximate surface area is 58.7 Å². The monoisotopic (exact) mass is 142 g/mol. The largest absolute Gasteiger partial charge is 0.441 e. The zero-order chi connectivity index (χ0) is 7.19. The van der Waals surface area contributed by atoms with Crippen molar-refractivity contribution in [1.29, 1.82) is 0 Å². The van der Waals surface area contributed by atoms with Crippen LogP contribution in [0, 0.1) is 0 Å². The molecule has 56 valence electrons. The van der Waals surface area contributed by atoms with Gasteiger partial charge in [0, 0.05) is 18.9 Å². The van der Waals surface area contributed by atoms with Crippen LogP contribution in [0.4, 0.5) is 4.79 Å². The lowest BCUT2D eigenvalue weighted by Crippen LogP contribution is -2.53. The summed E-state index contributed by atoms with van der Waals surface area (Å²) in [7, 11) is 0. The van der Waals surface area contributed by atoms with Crippen LogP contribution in [-0.2, 0) is 4.74 Å². The summed E-state index contributed by atoms with van der Waals surface area (Å²) in [5.41, 5.74) is 5.33. The molecule has 4 heteroatoms. The standard InChI is InChI=1S/C6H10N2O2/c7-4-1-6(2-4)3-8-5(9)10-6/h4H,1-3,7H2,(H,8,9). The number of nitrogens with two attached hydrogens (primary N) is 1. The molecule has 1 heterocycles. The fraction of sp³-hybridized carbons (Fsp3) is 0.833. The number of amides is 1. The van der Waals surface area contributed by atoms with Crippen molar-refractivity contribution in [3.05, 3.63) is 0 Å². The van der Waals surface area contributed by atoms with E-state index in [-0.39, 0.29) is 17.7 Å². The third-order valence-electron chi connectivity index (χ3n) is 2.13. The SMILES string of the molecule is NC1CC2(CNC(=O)O2)C1. The normalized spacial score (nSPS) is 44.5. The maximum absolute atomic E-state index is 10.6. The second-order valence-corrected chi connectivity index (χ2v) is 3.09. The molecule has 0 atom stereocenters. The molecule has 1 saturated heterocycles. The molecule has 0 aromatic heterocycles. The predicted molar refractivity (Wildman–Crippen MR) is 34.4 cm³/mol. The summed E-state index contributed by atoms with van der Waals surface area (Å²) in [6, 6.07) is 0.229. The van der Waals surface area contributed by atoms with Gasteiger partial charge in [0.25, 0.3) is 0 Å². The van der Waals surface area contributed by atoms with E-state index < -0.39 is 0 Å². The van der Waals surface area contributed by atoms with Gasteiger partial charge in [-0.05, 0) is 0 Å². The van der Waals surface area contributed by atoms with Crippen LogP contribution in [0.2, 0.25) is 0 Å². The van der Waals surface area contributed by atoms with Gasteiger partial charge in [0.05, 0.1) is 6.54 Å². The van der Waals surface area contributed by atoms with E-state index >= 15 is 0 Å². The molecule has 0 unspecified atom stereocenters. The van der Waals surface area contributed by atoms with Gasteiger partial charge in [-0.1, -0.05) is 0 Å². The van der Waals surface area contributed by atoms with Gasteiger partial charge in [0.15, 0.2) is 0 Å². The van der Waals surface area contributed by atoms with E-state index in [1.54, 1.807) is 0 Å². The van der Waals surface area contributed by atoms with E-state index in [9.17, 15) is 4.79 Å². The minimum Gasteiger partial charge on any atom is -0.441 e. The van der Waals surface area contributed by atoms with Crippen molar-refractivity contribution in [1.82, 2.24) is 5.32 Å². The second-order valence-electron chi connectivity index (χ2n) is 3.09. The van der Waals surface area contributed by atoms with Crippen LogP contribution in [-0.4, -0.2) is 24.3 Å². The molecule has 1 amide bonds. The lowest BCUT2D eigenvalue weighted by Gasteiger charge is -2.40. The number of carbonyl (C=O) groups excluding carboxylic acids is 1. The van der Waals surface area contributed by atoms with Crippen LogP contribution in [0.25, 0.3) is 0 Å². The molecule has 0 aromatic rings. The minimum absolute atomic E-state index is 0.226. The first-order chi connectivity index (χ1) is 4.70. The van der Waals surface area contributed by atoms with Crippen molar-refractivity contribution >= 4 is 6.09 Å². The van der Waals surface area contributed by atoms with Crippen molar-refractivity contribution in [3.63, 3.8) is 0 Å². The molecular weight excluding hydrogens is 132 g/mol. The number of nitrogens with one attached hydrogen (secondary N) is 1. The molecule has 3 N–H and O–H groups in total. The summed E-state index contributed by atoms with van der Waals surface area (Å²) in [6.07, 6.45) is 1.32. The van der Waals surface area contributed by atoms with Crippen LogP contribution < -0.4 is 11.1 Å². The summed E-state index contributed by atoms with van der Waals surface area (Å²) in [4.78, 5) is 10.6. The molecular formula is C6H10N2O2. The topological polar surface area (TPSA) is 64.3 Å². The molecule has 2 aliphatic rings. The first-order valence-corrected chi connectivity index (χ1v) is 3.43. The number of hydrogen-bond donors (Lipinski definition) is 2. The van der Waals surface area contributed by atoms with Crippen LogP contribution in [0.3, 0.4) is 0 Å². The summed E-state index contributed by atoms with van der Waals surface area (Å²) < 4.78 is 5.03. The predicted octanol–water partition coefficient (Wildman–Crippen LogP) is -0.414. The van der Waals surface area contributed by atoms with Gasteiger partial charge in [0.2, 0.25) is 0 Å². The van der Waals surface area contributed by atoms with E-state index in [0.717, 1.165) is 12.8 Å². The van der Waals surface area contributed by atoms with Crippen molar-refractivity contribution in [2.24, 2.45) is 5.73 Å². The van der Waals surface area contributed by atoms with E-state index in [4.69, 9.17) is 10.5 Å². The van der Waals surface area contributed by atoms with E-state index in [2.05, 4.69) is 5.32 Å². The molecule has 0 bridgehead atoms. The Bertz CT molecular complexity index is 175. The summed E-state index contributed by atoms with van der Waals surface area (Å²) in [6.45, 7) is 0.638. The van der Waals surface area contributed by atoms with Crippen LogP contribution in [0.5, 0.6) is 0 Å². The number of rotatable bonds is 0. The molecule has 0 aromatic carbocycles. The highest BCUT2D eigenvalue weighted by molar-refractivity contribution is 5.70. The molecule has 10 heavy (non-hydrogen) atoms. The third-order valence-corrected chi connectivity index (χ3v) is 2.13. The molecule has 2 fully saturated rings. The highest BCUT2D eigenvalue weighted by atomic mass is 16.6. The second kappa shape index (κ2) is 1.63. The Morgan fingerprint density at radius 2 is 2.40 bits per heavy atom. The minimum atomic E-state index is -0.299. The van der Waals surface area contributed by atoms with Gasteiger partial charge < -0.3 is 15.8 Å². The number of carbonyl (C=O) groups is 1. The van der Waals surface area contributed by atoms with Crippen molar-refractivity contribution in [2.75, 3.05) is 6.54 Å². The number of hydrogen-bond acceptors (Lipinski definition) is 3. The highest BCUT2D eigenvalue weighted by Crippen LogP contribution is 2.36.